The molecule has 3 nitrogen and oxygen atoms in total. The molecule has 0 aliphatic rings. The summed E-state index contributed by atoms with van der Waals surface area (Å²) in [5.74, 6) is 0.589. The molecule has 0 spiro atoms. The summed E-state index contributed by atoms with van der Waals surface area (Å²) in [6.07, 6.45) is 0.0669. The second-order valence-electron chi connectivity index (χ2n) is 4.57. The number of hydrogen-bond donors (Lipinski definition) is 1. The molecule has 2 N–H and O–H groups in total. The van der Waals surface area contributed by atoms with Crippen LogP contribution in [0, 0.1) is 0 Å². The molecule has 0 bridgehead atoms. The molecule has 0 amide bonds. The lowest BCUT2D eigenvalue weighted by molar-refractivity contribution is 0.0786. The maximum Gasteiger partial charge on any atom is 0.204 e. The Balaban J connectivity index is 2.20. The molecule has 0 saturated carbocycles. The van der Waals surface area contributed by atoms with Gasteiger partial charge in [-0.05, 0) is 48.9 Å². The van der Waals surface area contributed by atoms with E-state index in [2.05, 4.69) is 31.9 Å². The monoisotopic (exact) mass is 411 g/mol. The van der Waals surface area contributed by atoms with Crippen LogP contribution in [0.5, 0.6) is 5.75 Å². The zero-order valence-electron chi connectivity index (χ0n) is 11.5. The van der Waals surface area contributed by atoms with Gasteiger partial charge in [0.25, 0.3) is 0 Å². The number of Topliss-reactive ketones (excluding diaryl/α,β-unsaturated/α-hetero) is 1. The lowest BCUT2D eigenvalue weighted by atomic mass is 10.0. The van der Waals surface area contributed by atoms with Crippen molar-refractivity contribution in [2.45, 2.75) is 19.4 Å². The molecule has 2 aromatic carbocycles. The fourth-order valence-corrected chi connectivity index (χ4v) is 3.14. The lowest BCUT2D eigenvalue weighted by Crippen LogP contribution is -2.27. The van der Waals surface area contributed by atoms with Gasteiger partial charge in [-0.1, -0.05) is 38.8 Å². The third-order valence-electron chi connectivity index (χ3n) is 3.02. The van der Waals surface area contributed by atoms with Crippen molar-refractivity contribution in [3.05, 3.63) is 57.0 Å². The molecule has 1 atom stereocenters. The van der Waals surface area contributed by atoms with Crippen LogP contribution >= 0.6 is 31.9 Å². The molecule has 1 unspecified atom stereocenters. The molecular formula is C16H15Br2NO2. The van der Waals surface area contributed by atoms with E-state index in [0.717, 1.165) is 8.95 Å². The Hall–Kier alpha value is -1.33. The van der Waals surface area contributed by atoms with Crippen molar-refractivity contribution in [1.82, 2.24) is 0 Å². The second-order valence-corrected chi connectivity index (χ2v) is 6.34. The second kappa shape index (κ2) is 7.09. The van der Waals surface area contributed by atoms with E-state index < -0.39 is 6.10 Å². The van der Waals surface area contributed by atoms with Crippen molar-refractivity contribution in [2.24, 2.45) is 0 Å². The smallest absolute Gasteiger partial charge is 0.204 e. The first-order valence-electron chi connectivity index (χ1n) is 6.52. The molecule has 5 heteroatoms. The van der Waals surface area contributed by atoms with Crippen LogP contribution in [-0.4, -0.2) is 11.9 Å². The van der Waals surface area contributed by atoms with Gasteiger partial charge < -0.3 is 10.5 Å². The minimum atomic E-state index is -0.522. The van der Waals surface area contributed by atoms with Gasteiger partial charge in [0.05, 0.1) is 0 Å². The maximum atomic E-state index is 12.6. The molecule has 0 aromatic heterocycles. The normalized spacial score (nSPS) is 12.0. The average molecular weight is 413 g/mol. The first-order chi connectivity index (χ1) is 10.0. The zero-order chi connectivity index (χ0) is 15.4. The zero-order valence-corrected chi connectivity index (χ0v) is 14.6. The van der Waals surface area contributed by atoms with Crippen molar-refractivity contribution in [1.29, 1.82) is 0 Å². The van der Waals surface area contributed by atoms with Crippen molar-refractivity contribution in [3.63, 3.8) is 0 Å². The summed E-state index contributed by atoms with van der Waals surface area (Å²) in [5, 5.41) is 0. The number of benzene rings is 2. The highest BCUT2D eigenvalue weighted by molar-refractivity contribution is 9.11. The van der Waals surface area contributed by atoms with Gasteiger partial charge in [-0.15, -0.1) is 0 Å². The first kappa shape index (κ1) is 16.0. The van der Waals surface area contributed by atoms with Crippen LogP contribution in [0.25, 0.3) is 0 Å². The number of hydrogen-bond acceptors (Lipinski definition) is 3. The fraction of sp³-hybridized carbons (Fsp3) is 0.188. The molecule has 0 aliphatic carbocycles. The molecule has 0 fully saturated rings. The van der Waals surface area contributed by atoms with Gasteiger partial charge in [-0.2, -0.15) is 0 Å². The number of ether oxygens (including phenoxy) is 1. The topological polar surface area (TPSA) is 52.3 Å². The summed E-state index contributed by atoms with van der Waals surface area (Å²) < 4.78 is 7.45. The summed E-state index contributed by atoms with van der Waals surface area (Å²) in [6, 6.07) is 12.5. The van der Waals surface area contributed by atoms with E-state index in [-0.39, 0.29) is 5.78 Å². The van der Waals surface area contributed by atoms with Crippen molar-refractivity contribution in [3.8, 4) is 5.75 Å². The Morgan fingerprint density at radius 1 is 1.19 bits per heavy atom. The predicted molar refractivity (Wildman–Crippen MR) is 91.7 cm³/mol. The first-order valence-corrected chi connectivity index (χ1v) is 8.11. The summed E-state index contributed by atoms with van der Waals surface area (Å²) in [5.41, 5.74) is 6.92. The SMILES string of the molecule is CCC(Oc1ccc(N)cc1)C(=O)c1ccc(Br)cc1Br. The number of carbonyl (C=O) groups is 1. The Morgan fingerprint density at radius 2 is 1.86 bits per heavy atom. The van der Waals surface area contributed by atoms with Crippen LogP contribution < -0.4 is 10.5 Å². The molecular weight excluding hydrogens is 398 g/mol. The average Bonchev–Trinajstić information content (AvgIpc) is 2.46. The Kier molecular flexibility index (Phi) is 5.42. The van der Waals surface area contributed by atoms with Crippen molar-refractivity contribution < 1.29 is 9.53 Å². The van der Waals surface area contributed by atoms with Gasteiger partial charge in [0, 0.05) is 20.2 Å². The minimum Gasteiger partial charge on any atom is -0.482 e. The van der Waals surface area contributed by atoms with Crippen LogP contribution in [-0.2, 0) is 0 Å². The molecule has 110 valence electrons. The van der Waals surface area contributed by atoms with Gasteiger partial charge >= 0.3 is 0 Å². The summed E-state index contributed by atoms with van der Waals surface area (Å²) >= 11 is 6.79. The molecule has 0 radical (unpaired) electrons. The Labute approximate surface area is 140 Å². The van der Waals surface area contributed by atoms with Crippen LogP contribution in [0.4, 0.5) is 5.69 Å². The Morgan fingerprint density at radius 3 is 2.43 bits per heavy atom. The highest BCUT2D eigenvalue weighted by Crippen LogP contribution is 2.25. The number of halogens is 2. The number of carbonyl (C=O) groups excluding carboxylic acids is 1. The van der Waals surface area contributed by atoms with Crippen LogP contribution in [0.2, 0.25) is 0 Å². The molecule has 21 heavy (non-hydrogen) atoms. The summed E-state index contributed by atoms with van der Waals surface area (Å²) in [4.78, 5) is 12.6. The third kappa shape index (κ3) is 4.08. The van der Waals surface area contributed by atoms with Crippen molar-refractivity contribution >= 4 is 43.3 Å². The molecule has 0 aliphatic heterocycles. The summed E-state index contributed by atoms with van der Waals surface area (Å²) in [7, 11) is 0. The molecule has 0 heterocycles. The van der Waals surface area contributed by atoms with E-state index in [4.69, 9.17) is 10.5 Å². The van der Waals surface area contributed by atoms with E-state index >= 15 is 0 Å². The van der Waals surface area contributed by atoms with Crippen molar-refractivity contribution in [2.75, 3.05) is 5.73 Å². The number of nitrogen functional groups attached to an aromatic ring is 1. The van der Waals surface area contributed by atoms with E-state index in [1.165, 1.54) is 0 Å². The van der Waals surface area contributed by atoms with Gasteiger partial charge in [0.2, 0.25) is 5.78 Å². The standard InChI is InChI=1S/C16H15Br2NO2/c1-2-15(21-12-6-4-11(19)5-7-12)16(20)13-8-3-10(17)9-14(13)18/h3-9,15H,2,19H2,1H3. The van der Waals surface area contributed by atoms with Crippen LogP contribution in [0.1, 0.15) is 23.7 Å². The fourth-order valence-electron chi connectivity index (χ4n) is 1.90. The van der Waals surface area contributed by atoms with E-state index in [0.29, 0.717) is 23.4 Å². The lowest BCUT2D eigenvalue weighted by Gasteiger charge is -2.17. The maximum absolute atomic E-state index is 12.6. The largest absolute Gasteiger partial charge is 0.482 e. The van der Waals surface area contributed by atoms with Gasteiger partial charge in [0.1, 0.15) is 5.75 Å². The minimum absolute atomic E-state index is 0.0475. The number of nitrogens with two attached hydrogens (primary N) is 1. The quantitative estimate of drug-likeness (QED) is 0.564. The van der Waals surface area contributed by atoms with E-state index in [9.17, 15) is 4.79 Å². The van der Waals surface area contributed by atoms with Crippen LogP contribution in [0.15, 0.2) is 51.4 Å². The number of anilines is 1. The highest BCUT2D eigenvalue weighted by atomic mass is 79.9. The third-order valence-corrected chi connectivity index (χ3v) is 4.17. The molecule has 0 saturated heterocycles. The molecule has 2 rings (SSSR count). The van der Waals surface area contributed by atoms with E-state index in [1.54, 1.807) is 30.3 Å². The van der Waals surface area contributed by atoms with Gasteiger partial charge in [-0.25, -0.2) is 0 Å². The number of rotatable bonds is 5. The van der Waals surface area contributed by atoms with E-state index in [1.807, 2.05) is 19.1 Å². The van der Waals surface area contributed by atoms with Gasteiger partial charge in [0.15, 0.2) is 6.10 Å². The number of ketones is 1. The Bertz CT molecular complexity index is 641. The van der Waals surface area contributed by atoms with Crippen LogP contribution in [0.3, 0.4) is 0 Å². The predicted octanol–water partition coefficient (Wildman–Crippen LogP) is 4.83. The highest BCUT2D eigenvalue weighted by Gasteiger charge is 2.22. The molecule has 2 aromatic rings. The van der Waals surface area contributed by atoms with Gasteiger partial charge in [-0.3, -0.25) is 4.79 Å². The summed E-state index contributed by atoms with van der Waals surface area (Å²) in [6.45, 7) is 1.92.